The zero-order valence-corrected chi connectivity index (χ0v) is 16.1. The summed E-state index contributed by atoms with van der Waals surface area (Å²) >= 11 is 0. The van der Waals surface area contributed by atoms with E-state index in [1.807, 2.05) is 4.90 Å². The number of carboxylic acid groups (broad SMARTS) is 2. The number of amides is 1. The zero-order valence-electron chi connectivity index (χ0n) is 16.1. The van der Waals surface area contributed by atoms with Crippen LogP contribution in [0.15, 0.2) is 0 Å². The lowest BCUT2D eigenvalue weighted by molar-refractivity contribution is -0.135. The van der Waals surface area contributed by atoms with Crippen molar-refractivity contribution in [1.29, 1.82) is 0 Å². The summed E-state index contributed by atoms with van der Waals surface area (Å²) in [7, 11) is 0. The number of piperazine rings is 1. The Hall–Kier alpha value is -1.75. The van der Waals surface area contributed by atoms with Crippen molar-refractivity contribution >= 4 is 17.8 Å². The van der Waals surface area contributed by atoms with E-state index in [1.165, 1.54) is 0 Å². The first-order valence-electron chi connectivity index (χ1n) is 9.11. The lowest BCUT2D eigenvalue weighted by Gasteiger charge is -2.30. The maximum absolute atomic E-state index is 12.2. The largest absolute Gasteiger partial charge is 0.481 e. The fourth-order valence-electron chi connectivity index (χ4n) is 3.68. The summed E-state index contributed by atoms with van der Waals surface area (Å²) in [4.78, 5) is 34.4. The summed E-state index contributed by atoms with van der Waals surface area (Å²) in [5.41, 5.74) is -0.0102. The molecular formula is C17H32N4O6. The fraction of sp³-hybridized carbons (Fsp3) is 0.824. The van der Waals surface area contributed by atoms with Gasteiger partial charge in [0.1, 0.15) is 0 Å². The Morgan fingerprint density at radius 3 is 2.11 bits per heavy atom. The Morgan fingerprint density at radius 2 is 1.63 bits per heavy atom. The molecule has 3 rings (SSSR count). The molecule has 0 aliphatic carbocycles. The van der Waals surface area contributed by atoms with E-state index in [9.17, 15) is 9.90 Å². The zero-order chi connectivity index (χ0) is 20.4. The number of nitrogens with zero attached hydrogens (tertiary/aromatic N) is 2. The molecule has 0 spiro atoms. The number of hydrogen-bond donors (Lipinski definition) is 5. The van der Waals surface area contributed by atoms with E-state index in [-0.39, 0.29) is 17.9 Å². The number of fused-ring (bicyclic) bond motifs is 1. The number of aliphatic carboxylic acids is 2. The maximum Gasteiger partial charge on any atom is 0.300 e. The summed E-state index contributed by atoms with van der Waals surface area (Å²) in [6.45, 7) is 9.99. The second kappa shape index (κ2) is 11.2. The standard InChI is InChI=1S/C13H24N4O2.2C2H4O2/c18-10-13-8-15-5-11(13)6-16(9-13)7-12(19)17-3-1-14-2-4-17;2*1-2(3)4/h11,14-15,18H,1-10H2;2*1H3,(H,3,4). The molecule has 10 heteroatoms. The Kier molecular flexibility index (Phi) is 9.64. The predicted octanol–water partition coefficient (Wildman–Crippen LogP) is -1.89. The molecule has 3 aliphatic rings. The van der Waals surface area contributed by atoms with Gasteiger partial charge in [-0.2, -0.15) is 0 Å². The minimum absolute atomic E-state index is 0.0102. The van der Waals surface area contributed by atoms with Crippen molar-refractivity contribution in [3.05, 3.63) is 0 Å². The molecule has 10 nitrogen and oxygen atoms in total. The molecule has 0 radical (unpaired) electrons. The van der Waals surface area contributed by atoms with Crippen LogP contribution in [-0.2, 0) is 14.4 Å². The van der Waals surface area contributed by atoms with Crippen molar-refractivity contribution in [3.63, 3.8) is 0 Å². The molecule has 5 N–H and O–H groups in total. The Bertz CT molecular complexity index is 492. The summed E-state index contributed by atoms with van der Waals surface area (Å²) in [6, 6.07) is 0. The van der Waals surface area contributed by atoms with Crippen molar-refractivity contribution in [2.75, 3.05) is 65.5 Å². The first-order valence-corrected chi connectivity index (χ1v) is 9.11. The van der Waals surface area contributed by atoms with Crippen molar-refractivity contribution < 1.29 is 29.7 Å². The van der Waals surface area contributed by atoms with Crippen molar-refractivity contribution in [1.82, 2.24) is 20.4 Å². The lowest BCUT2D eigenvalue weighted by Crippen LogP contribution is -2.49. The minimum Gasteiger partial charge on any atom is -0.481 e. The van der Waals surface area contributed by atoms with E-state index in [0.29, 0.717) is 12.5 Å². The predicted molar refractivity (Wildman–Crippen MR) is 98.4 cm³/mol. The van der Waals surface area contributed by atoms with Crippen LogP contribution in [0.1, 0.15) is 13.8 Å². The van der Waals surface area contributed by atoms with Crippen molar-refractivity contribution in [2.24, 2.45) is 11.3 Å². The highest BCUT2D eigenvalue weighted by Crippen LogP contribution is 2.38. The highest BCUT2D eigenvalue weighted by atomic mass is 16.4. The molecule has 3 saturated heterocycles. The molecule has 0 aromatic rings. The van der Waals surface area contributed by atoms with Gasteiger partial charge in [-0.15, -0.1) is 0 Å². The molecule has 0 bridgehead atoms. The minimum atomic E-state index is -0.833. The van der Waals surface area contributed by atoms with Gasteiger partial charge in [-0.05, 0) is 12.5 Å². The smallest absolute Gasteiger partial charge is 0.300 e. The van der Waals surface area contributed by atoms with Gasteiger partial charge in [0.2, 0.25) is 5.91 Å². The highest BCUT2D eigenvalue weighted by Gasteiger charge is 2.49. The quantitative estimate of drug-likeness (QED) is 0.375. The molecule has 27 heavy (non-hydrogen) atoms. The monoisotopic (exact) mass is 388 g/mol. The van der Waals surface area contributed by atoms with Crippen molar-refractivity contribution in [3.8, 4) is 0 Å². The van der Waals surface area contributed by atoms with Crippen LogP contribution < -0.4 is 10.6 Å². The van der Waals surface area contributed by atoms with Gasteiger partial charge in [0, 0.05) is 65.1 Å². The van der Waals surface area contributed by atoms with Gasteiger partial charge >= 0.3 is 0 Å². The van der Waals surface area contributed by atoms with Crippen molar-refractivity contribution in [2.45, 2.75) is 13.8 Å². The normalized spacial score (nSPS) is 26.9. The van der Waals surface area contributed by atoms with Gasteiger partial charge in [0.05, 0.1) is 13.2 Å². The summed E-state index contributed by atoms with van der Waals surface area (Å²) in [5, 5.41) is 31.1. The Balaban J connectivity index is 0.000000390. The molecule has 2 atom stereocenters. The number of hydrogen-bond acceptors (Lipinski definition) is 7. The molecule has 3 aliphatic heterocycles. The number of rotatable bonds is 3. The first kappa shape index (κ1) is 23.3. The van der Waals surface area contributed by atoms with E-state index < -0.39 is 11.9 Å². The van der Waals surface area contributed by atoms with E-state index >= 15 is 0 Å². The fourth-order valence-corrected chi connectivity index (χ4v) is 3.68. The molecule has 1 amide bonds. The summed E-state index contributed by atoms with van der Waals surface area (Å²) < 4.78 is 0. The molecule has 0 aromatic heterocycles. The van der Waals surface area contributed by atoms with Crippen LogP contribution in [0.25, 0.3) is 0 Å². The second-order valence-electron chi connectivity index (χ2n) is 7.19. The van der Waals surface area contributed by atoms with Gasteiger partial charge in [0.15, 0.2) is 0 Å². The van der Waals surface area contributed by atoms with Crippen LogP contribution in [0.5, 0.6) is 0 Å². The van der Waals surface area contributed by atoms with Gasteiger partial charge in [-0.25, -0.2) is 0 Å². The molecule has 0 saturated carbocycles. The highest BCUT2D eigenvalue weighted by molar-refractivity contribution is 5.78. The Labute approximate surface area is 159 Å². The van der Waals surface area contributed by atoms with Crippen LogP contribution in [0.4, 0.5) is 0 Å². The van der Waals surface area contributed by atoms with Crippen LogP contribution in [0.2, 0.25) is 0 Å². The molecule has 2 unspecified atom stereocenters. The number of aliphatic hydroxyl groups is 1. The van der Waals surface area contributed by atoms with E-state index in [2.05, 4.69) is 15.5 Å². The number of carbonyl (C=O) groups is 3. The third-order valence-electron chi connectivity index (χ3n) is 4.89. The van der Waals surface area contributed by atoms with Gasteiger partial charge in [-0.3, -0.25) is 19.3 Å². The topological polar surface area (TPSA) is 142 Å². The van der Waals surface area contributed by atoms with Gasteiger partial charge in [-0.1, -0.05) is 0 Å². The lowest BCUT2D eigenvalue weighted by atomic mass is 9.82. The number of carboxylic acids is 2. The third kappa shape index (κ3) is 7.79. The van der Waals surface area contributed by atoms with E-state index in [1.54, 1.807) is 0 Å². The average molecular weight is 388 g/mol. The van der Waals surface area contributed by atoms with E-state index in [4.69, 9.17) is 19.8 Å². The Morgan fingerprint density at radius 1 is 1.07 bits per heavy atom. The summed E-state index contributed by atoms with van der Waals surface area (Å²) in [5.74, 6) is -0.934. The van der Waals surface area contributed by atoms with Crippen LogP contribution in [0.3, 0.4) is 0 Å². The molecule has 156 valence electrons. The van der Waals surface area contributed by atoms with Crippen LogP contribution >= 0.6 is 0 Å². The number of carbonyl (C=O) groups excluding carboxylic acids is 1. The summed E-state index contributed by atoms with van der Waals surface area (Å²) in [6.07, 6.45) is 0. The first-order chi connectivity index (χ1) is 12.7. The van der Waals surface area contributed by atoms with Gasteiger partial charge < -0.3 is 30.9 Å². The molecular weight excluding hydrogens is 356 g/mol. The SMILES string of the molecule is CC(=O)O.CC(=O)O.O=C(CN1CC2CNCC2(CO)C1)N1CCNCC1. The molecule has 3 fully saturated rings. The third-order valence-corrected chi connectivity index (χ3v) is 4.89. The van der Waals surface area contributed by atoms with Crippen LogP contribution in [-0.4, -0.2) is 108 Å². The average Bonchev–Trinajstić information content (AvgIpc) is 3.11. The van der Waals surface area contributed by atoms with E-state index in [0.717, 1.165) is 66.2 Å². The number of likely N-dealkylation sites (tertiary alicyclic amines) is 1. The van der Waals surface area contributed by atoms with Crippen LogP contribution in [0, 0.1) is 11.3 Å². The van der Waals surface area contributed by atoms with Gasteiger partial charge in [0.25, 0.3) is 11.9 Å². The number of aliphatic hydroxyl groups excluding tert-OH is 1. The second-order valence-corrected chi connectivity index (χ2v) is 7.19. The number of nitrogens with one attached hydrogen (secondary N) is 2. The molecule has 3 heterocycles. The maximum atomic E-state index is 12.2. The molecule has 0 aromatic carbocycles.